The first-order valence-corrected chi connectivity index (χ1v) is 5.18. The molecule has 0 aromatic carbocycles. The molecule has 1 aliphatic rings. The van der Waals surface area contributed by atoms with E-state index < -0.39 is 6.10 Å². The summed E-state index contributed by atoms with van der Waals surface area (Å²) in [5.74, 6) is 0. The molecule has 1 aromatic rings. The van der Waals surface area contributed by atoms with Crippen LogP contribution in [0.25, 0.3) is 0 Å². The van der Waals surface area contributed by atoms with Gasteiger partial charge in [0, 0.05) is 12.2 Å². The predicted octanol–water partition coefficient (Wildman–Crippen LogP) is 2.27. The van der Waals surface area contributed by atoms with Gasteiger partial charge in [-0.15, -0.1) is 0 Å². The predicted molar refractivity (Wildman–Crippen MR) is 51.9 cm³/mol. The lowest BCUT2D eigenvalue weighted by molar-refractivity contribution is 0.0811. The molecule has 0 radical (unpaired) electrons. The minimum absolute atomic E-state index is 0.358. The van der Waals surface area contributed by atoms with Crippen molar-refractivity contribution in [2.75, 3.05) is 6.61 Å². The molecule has 2 unspecified atom stereocenters. The van der Waals surface area contributed by atoms with Gasteiger partial charge in [-0.3, -0.25) is 0 Å². The van der Waals surface area contributed by atoms with Crippen molar-refractivity contribution in [2.24, 2.45) is 0 Å². The summed E-state index contributed by atoms with van der Waals surface area (Å²) in [6, 6.07) is 1.81. The second-order valence-electron chi connectivity index (χ2n) is 3.78. The molecule has 1 aromatic heterocycles. The molecule has 1 N–H and O–H groups in total. The van der Waals surface area contributed by atoms with Crippen LogP contribution in [-0.2, 0) is 4.74 Å². The van der Waals surface area contributed by atoms with Crippen molar-refractivity contribution in [1.82, 2.24) is 0 Å². The van der Waals surface area contributed by atoms with Gasteiger partial charge in [0.25, 0.3) is 0 Å². The number of rotatable bonds is 4. The zero-order valence-corrected chi connectivity index (χ0v) is 8.19. The monoisotopic (exact) mass is 196 g/mol. The van der Waals surface area contributed by atoms with E-state index in [1.165, 1.54) is 0 Å². The standard InChI is InChI=1S/C11H16O3/c12-11(9-5-7-13-8-9)4-3-10-2-1-6-14-10/h5,7-8,10-12H,1-4,6H2. The molecule has 3 heteroatoms. The fraction of sp³-hybridized carbons (Fsp3) is 0.636. The highest BCUT2D eigenvalue weighted by molar-refractivity contribution is 5.08. The SMILES string of the molecule is OC(CCC1CCCO1)c1ccoc1. The van der Waals surface area contributed by atoms with E-state index in [0.717, 1.165) is 37.9 Å². The largest absolute Gasteiger partial charge is 0.472 e. The molecule has 2 atom stereocenters. The average Bonchev–Trinajstić information content (AvgIpc) is 2.87. The Balaban J connectivity index is 1.74. The van der Waals surface area contributed by atoms with Gasteiger partial charge in [-0.05, 0) is 31.7 Å². The normalized spacial score (nSPS) is 23.9. The van der Waals surface area contributed by atoms with Crippen LogP contribution in [0.2, 0.25) is 0 Å². The summed E-state index contributed by atoms with van der Waals surface area (Å²) in [5, 5.41) is 9.75. The maximum absolute atomic E-state index is 9.75. The first kappa shape index (κ1) is 9.74. The van der Waals surface area contributed by atoms with E-state index in [1.807, 2.05) is 0 Å². The van der Waals surface area contributed by atoms with Crippen LogP contribution in [-0.4, -0.2) is 17.8 Å². The first-order chi connectivity index (χ1) is 6.86. The number of hydrogen-bond donors (Lipinski definition) is 1. The van der Waals surface area contributed by atoms with Crippen LogP contribution in [0.4, 0.5) is 0 Å². The quantitative estimate of drug-likeness (QED) is 0.803. The summed E-state index contributed by atoms with van der Waals surface area (Å²) < 4.78 is 10.4. The van der Waals surface area contributed by atoms with Crippen LogP contribution in [0.15, 0.2) is 23.0 Å². The zero-order chi connectivity index (χ0) is 9.80. The third kappa shape index (κ3) is 2.36. The lowest BCUT2D eigenvalue weighted by Gasteiger charge is -2.12. The van der Waals surface area contributed by atoms with Crippen molar-refractivity contribution in [1.29, 1.82) is 0 Å². The third-order valence-electron chi connectivity index (χ3n) is 2.71. The maximum Gasteiger partial charge on any atom is 0.0960 e. The number of furan rings is 1. The molecule has 1 saturated heterocycles. The minimum atomic E-state index is -0.405. The van der Waals surface area contributed by atoms with Crippen LogP contribution in [0.3, 0.4) is 0 Å². The zero-order valence-electron chi connectivity index (χ0n) is 8.19. The average molecular weight is 196 g/mol. The Morgan fingerprint density at radius 3 is 3.14 bits per heavy atom. The van der Waals surface area contributed by atoms with Crippen molar-refractivity contribution in [3.63, 3.8) is 0 Å². The molecule has 0 bridgehead atoms. The van der Waals surface area contributed by atoms with Crippen molar-refractivity contribution < 1.29 is 14.3 Å². The van der Waals surface area contributed by atoms with Crippen LogP contribution in [0, 0.1) is 0 Å². The highest BCUT2D eigenvalue weighted by Crippen LogP contribution is 2.23. The van der Waals surface area contributed by atoms with E-state index in [-0.39, 0.29) is 0 Å². The molecule has 2 heterocycles. The van der Waals surface area contributed by atoms with E-state index in [4.69, 9.17) is 9.15 Å². The Morgan fingerprint density at radius 1 is 1.57 bits per heavy atom. The second-order valence-corrected chi connectivity index (χ2v) is 3.78. The molecule has 0 amide bonds. The summed E-state index contributed by atoms with van der Waals surface area (Å²) in [5.41, 5.74) is 0.864. The van der Waals surface area contributed by atoms with Gasteiger partial charge in [0.15, 0.2) is 0 Å². The van der Waals surface area contributed by atoms with Gasteiger partial charge in [-0.1, -0.05) is 0 Å². The molecule has 1 aliphatic heterocycles. The topological polar surface area (TPSA) is 42.6 Å². The number of aliphatic hydroxyl groups excluding tert-OH is 1. The molecule has 14 heavy (non-hydrogen) atoms. The van der Waals surface area contributed by atoms with E-state index in [0.29, 0.717) is 6.10 Å². The summed E-state index contributed by atoms with van der Waals surface area (Å²) in [7, 11) is 0. The Hall–Kier alpha value is -0.800. The van der Waals surface area contributed by atoms with Crippen molar-refractivity contribution in [3.8, 4) is 0 Å². The number of ether oxygens (including phenoxy) is 1. The lowest BCUT2D eigenvalue weighted by atomic mass is 10.0. The molecule has 1 fully saturated rings. The van der Waals surface area contributed by atoms with Crippen molar-refractivity contribution >= 4 is 0 Å². The number of hydrogen-bond acceptors (Lipinski definition) is 3. The second kappa shape index (κ2) is 4.62. The first-order valence-electron chi connectivity index (χ1n) is 5.18. The van der Waals surface area contributed by atoms with Gasteiger partial charge in [0.05, 0.1) is 24.7 Å². The Bertz CT molecular complexity index is 250. The van der Waals surface area contributed by atoms with Crippen molar-refractivity contribution in [2.45, 2.75) is 37.9 Å². The number of aliphatic hydroxyl groups is 1. The fourth-order valence-corrected chi connectivity index (χ4v) is 1.85. The third-order valence-corrected chi connectivity index (χ3v) is 2.71. The van der Waals surface area contributed by atoms with E-state index in [1.54, 1.807) is 18.6 Å². The van der Waals surface area contributed by atoms with E-state index >= 15 is 0 Å². The van der Waals surface area contributed by atoms with Gasteiger partial charge in [0.1, 0.15) is 0 Å². The Labute approximate surface area is 83.7 Å². The van der Waals surface area contributed by atoms with Crippen LogP contribution < -0.4 is 0 Å². The molecule has 0 saturated carbocycles. The van der Waals surface area contributed by atoms with E-state index in [9.17, 15) is 5.11 Å². The van der Waals surface area contributed by atoms with Gasteiger partial charge < -0.3 is 14.3 Å². The molecule has 0 aliphatic carbocycles. The van der Waals surface area contributed by atoms with Gasteiger partial charge in [0.2, 0.25) is 0 Å². The molecular weight excluding hydrogens is 180 g/mol. The van der Waals surface area contributed by atoms with Crippen LogP contribution in [0.1, 0.15) is 37.4 Å². The molecular formula is C11H16O3. The van der Waals surface area contributed by atoms with Gasteiger partial charge in [-0.2, -0.15) is 0 Å². The van der Waals surface area contributed by atoms with E-state index in [2.05, 4.69) is 0 Å². The Morgan fingerprint density at radius 2 is 2.50 bits per heavy atom. The highest BCUT2D eigenvalue weighted by Gasteiger charge is 2.17. The minimum Gasteiger partial charge on any atom is -0.472 e. The fourth-order valence-electron chi connectivity index (χ4n) is 1.85. The summed E-state index contributed by atoms with van der Waals surface area (Å²) >= 11 is 0. The summed E-state index contributed by atoms with van der Waals surface area (Å²) in [6.07, 6.45) is 7.13. The van der Waals surface area contributed by atoms with Crippen LogP contribution in [0.5, 0.6) is 0 Å². The van der Waals surface area contributed by atoms with Gasteiger partial charge >= 0.3 is 0 Å². The smallest absolute Gasteiger partial charge is 0.0960 e. The lowest BCUT2D eigenvalue weighted by Crippen LogP contribution is -2.07. The maximum atomic E-state index is 9.75. The summed E-state index contributed by atoms with van der Waals surface area (Å²) in [6.45, 7) is 0.881. The molecule has 78 valence electrons. The Kier molecular flexibility index (Phi) is 3.22. The molecule has 0 spiro atoms. The molecule has 3 nitrogen and oxygen atoms in total. The van der Waals surface area contributed by atoms with Crippen LogP contribution >= 0.6 is 0 Å². The van der Waals surface area contributed by atoms with Crippen molar-refractivity contribution in [3.05, 3.63) is 24.2 Å². The van der Waals surface area contributed by atoms with Gasteiger partial charge in [-0.25, -0.2) is 0 Å². The molecule has 2 rings (SSSR count). The highest BCUT2D eigenvalue weighted by atomic mass is 16.5. The summed E-state index contributed by atoms with van der Waals surface area (Å²) in [4.78, 5) is 0.